The molecule has 518 valence electrons. The molecule has 0 unspecified atom stereocenters. The molecule has 21 aromatic rings. The van der Waals surface area contributed by atoms with E-state index in [0.29, 0.717) is 0 Å². The van der Waals surface area contributed by atoms with Crippen molar-refractivity contribution in [3.8, 4) is 0 Å². The molecule has 0 saturated heterocycles. The maximum Gasteiger partial charge on any atom is 0.138 e. The summed E-state index contributed by atoms with van der Waals surface area (Å²) in [6.45, 7) is 29.8. The van der Waals surface area contributed by atoms with E-state index in [1.54, 1.807) is 0 Å². The summed E-state index contributed by atoms with van der Waals surface area (Å²) in [5.74, 6) is 0. The van der Waals surface area contributed by atoms with Gasteiger partial charge in [-0.2, -0.15) is 0 Å². The largest absolute Gasteiger partial charge is 0.456 e. The standard InChI is InChI=1S/3C14H12O.4C14H12S/c1-9-4-6-13-12(7-9)11-5-3-10(2)8-14(11)15-13;1-9-3-5-13-11(7-9)12-8-10(2)4-6-14(12)15-13;1-9-5-3-7-11-12-8-4-6-10(2)14(12)15-13(9)11;1-9-4-6-13-12(7-9)11-5-3-10(2)8-14(11)15-13;1-9-3-5-13-11(7-9)12-8-10(2)4-6-14(12)15-13;1-9-3-5-11-12-6-4-10(2)8-14(12)15-13(11)7-9;1-9-5-3-7-11-12-8-4-6-10(2)14(12)15-13(9)11/h7*3-8H,1-2H3. The minimum atomic E-state index is 0.973. The van der Waals surface area contributed by atoms with Crippen molar-refractivity contribution in [3.63, 3.8) is 0 Å². The summed E-state index contributed by atoms with van der Waals surface area (Å²) in [5.41, 5.74) is 24.2. The van der Waals surface area contributed by atoms with Crippen LogP contribution in [-0.2, 0) is 0 Å². The van der Waals surface area contributed by atoms with Gasteiger partial charge in [0.25, 0.3) is 0 Å². The van der Waals surface area contributed by atoms with Crippen molar-refractivity contribution in [1.29, 1.82) is 0 Å². The third-order valence-electron chi connectivity index (χ3n) is 19.7. The van der Waals surface area contributed by atoms with Gasteiger partial charge in [-0.1, -0.05) is 191 Å². The minimum absolute atomic E-state index is 0.973. The molecule has 14 aromatic carbocycles. The van der Waals surface area contributed by atoms with E-state index < -0.39 is 0 Å². The van der Waals surface area contributed by atoms with Crippen molar-refractivity contribution in [3.05, 3.63) is 333 Å². The number of aryl methyl sites for hydroxylation is 14. The smallest absolute Gasteiger partial charge is 0.138 e. The normalized spacial score (nSPS) is 11.3. The molecule has 0 atom stereocenters. The molecular weight excluding hydrogens is 1350 g/mol. The predicted molar refractivity (Wildman–Crippen MR) is 465 cm³/mol. The molecule has 0 N–H and O–H groups in total. The van der Waals surface area contributed by atoms with Crippen molar-refractivity contribution in [2.24, 2.45) is 0 Å². The third-order valence-corrected chi connectivity index (χ3v) is 24.6. The van der Waals surface area contributed by atoms with Crippen LogP contribution in [-0.4, -0.2) is 0 Å². The van der Waals surface area contributed by atoms with Crippen molar-refractivity contribution in [2.45, 2.75) is 96.9 Å². The fourth-order valence-corrected chi connectivity index (χ4v) is 19.0. The molecule has 0 spiro atoms. The number of para-hydroxylation sites is 2. The van der Waals surface area contributed by atoms with Gasteiger partial charge >= 0.3 is 0 Å². The van der Waals surface area contributed by atoms with Crippen molar-refractivity contribution in [1.82, 2.24) is 0 Å². The molecule has 0 radical (unpaired) electrons. The molecule has 0 amide bonds. The van der Waals surface area contributed by atoms with Crippen LogP contribution in [0.3, 0.4) is 0 Å². The summed E-state index contributed by atoms with van der Waals surface area (Å²) in [6, 6.07) is 91.1. The van der Waals surface area contributed by atoms with Gasteiger partial charge < -0.3 is 13.3 Å². The van der Waals surface area contributed by atoms with Crippen LogP contribution in [0, 0.1) is 96.9 Å². The van der Waals surface area contributed by atoms with Crippen molar-refractivity contribution < 1.29 is 13.3 Å². The van der Waals surface area contributed by atoms with Gasteiger partial charge in [-0.05, 0) is 239 Å². The Labute approximate surface area is 629 Å². The predicted octanol–water partition coefficient (Wildman–Crippen LogP) is 31.3. The van der Waals surface area contributed by atoms with E-state index in [2.05, 4.69) is 334 Å². The number of thiophene rings is 4. The van der Waals surface area contributed by atoms with E-state index in [9.17, 15) is 0 Å². The van der Waals surface area contributed by atoms with E-state index in [0.717, 1.165) is 33.5 Å². The lowest BCUT2D eigenvalue weighted by Crippen LogP contribution is -1.72. The van der Waals surface area contributed by atoms with E-state index in [-0.39, 0.29) is 0 Å². The second-order valence-corrected chi connectivity index (χ2v) is 32.8. The van der Waals surface area contributed by atoms with E-state index >= 15 is 0 Å². The highest BCUT2D eigenvalue weighted by Crippen LogP contribution is 2.41. The van der Waals surface area contributed by atoms with Gasteiger partial charge in [-0.3, -0.25) is 0 Å². The molecular formula is C98H84O3S4. The molecule has 0 aliphatic rings. The molecule has 3 nitrogen and oxygen atoms in total. The molecule has 7 heteroatoms. The number of benzene rings is 14. The van der Waals surface area contributed by atoms with Crippen molar-refractivity contribution in [2.75, 3.05) is 0 Å². The van der Waals surface area contributed by atoms with Gasteiger partial charge in [0.2, 0.25) is 0 Å². The van der Waals surface area contributed by atoms with Crippen LogP contribution in [0.2, 0.25) is 0 Å². The second-order valence-electron chi connectivity index (χ2n) is 28.5. The highest BCUT2D eigenvalue weighted by molar-refractivity contribution is 7.27. The number of hydrogen-bond donors (Lipinski definition) is 0. The molecule has 0 aliphatic carbocycles. The highest BCUT2D eigenvalue weighted by Gasteiger charge is 2.14. The lowest BCUT2D eigenvalue weighted by Gasteiger charge is -1.95. The maximum absolute atomic E-state index is 5.91. The highest BCUT2D eigenvalue weighted by atomic mass is 32.1. The average Bonchev–Trinajstić information content (AvgIpc) is 1.73. The van der Waals surface area contributed by atoms with Gasteiger partial charge in [-0.15, -0.1) is 45.3 Å². The number of rotatable bonds is 0. The van der Waals surface area contributed by atoms with E-state index in [1.165, 1.54) is 191 Å². The quantitative estimate of drug-likeness (QED) is 0.152. The summed E-state index contributed by atoms with van der Waals surface area (Å²) in [7, 11) is 0. The number of furan rings is 3. The number of hydrogen-bond acceptors (Lipinski definition) is 7. The molecule has 0 fully saturated rings. The summed E-state index contributed by atoms with van der Waals surface area (Å²) < 4.78 is 28.7. The monoisotopic (exact) mass is 1440 g/mol. The zero-order chi connectivity index (χ0) is 72.9. The fraction of sp³-hybridized carbons (Fsp3) is 0.143. The van der Waals surface area contributed by atoms with Gasteiger partial charge in [0.1, 0.15) is 33.5 Å². The van der Waals surface area contributed by atoms with Crippen molar-refractivity contribution >= 4 is 192 Å². The molecule has 105 heavy (non-hydrogen) atoms. The zero-order valence-corrected chi connectivity index (χ0v) is 65.4. The van der Waals surface area contributed by atoms with Crippen LogP contribution in [0.25, 0.3) is 147 Å². The molecule has 21 rings (SSSR count). The average molecular weight is 1440 g/mol. The Morgan fingerprint density at radius 2 is 0.448 bits per heavy atom. The SMILES string of the molecule is Cc1ccc2c(c1)oc1ccc(C)cc12.Cc1ccc2c(c1)sc1cc(C)ccc12.Cc1ccc2c(c1)sc1ccc(C)cc12.Cc1ccc2oc3ccc(C)cc3c2c1.Cc1ccc2sc3ccc(C)cc3c2c1.Cc1cccc2c1oc1c(C)cccc12.Cc1cccc2c1sc1c(C)cccc12. The van der Waals surface area contributed by atoms with Crippen LogP contribution < -0.4 is 0 Å². The Balaban J connectivity index is 0.0000000983. The van der Waals surface area contributed by atoms with E-state index in [1.807, 2.05) is 63.5 Å². The summed E-state index contributed by atoms with van der Waals surface area (Å²) in [5, 5.41) is 18.5. The Kier molecular flexibility index (Phi) is 19.7. The first-order valence-electron chi connectivity index (χ1n) is 36.0. The fourth-order valence-electron chi connectivity index (χ4n) is 14.2. The number of fused-ring (bicyclic) bond motifs is 21. The van der Waals surface area contributed by atoms with Gasteiger partial charge in [0, 0.05) is 113 Å². The molecule has 7 aromatic heterocycles. The Hall–Kier alpha value is -10.6. The Morgan fingerprint density at radius 3 is 0.857 bits per heavy atom. The molecule has 0 aliphatic heterocycles. The molecule has 0 bridgehead atoms. The van der Waals surface area contributed by atoms with Crippen LogP contribution in [0.5, 0.6) is 0 Å². The van der Waals surface area contributed by atoms with Crippen LogP contribution in [0.15, 0.2) is 268 Å². The molecule has 7 heterocycles. The van der Waals surface area contributed by atoms with Crippen LogP contribution in [0.4, 0.5) is 0 Å². The maximum atomic E-state index is 5.91. The zero-order valence-electron chi connectivity index (χ0n) is 62.1. The first-order chi connectivity index (χ1) is 50.7. The first-order valence-corrected chi connectivity index (χ1v) is 39.2. The van der Waals surface area contributed by atoms with Crippen LogP contribution >= 0.6 is 45.3 Å². The lowest BCUT2D eigenvalue weighted by molar-refractivity contribution is 0.662. The van der Waals surface area contributed by atoms with Crippen LogP contribution in [0.1, 0.15) is 77.9 Å². The summed E-state index contributed by atoms with van der Waals surface area (Å²) in [6.07, 6.45) is 0. The summed E-state index contributed by atoms with van der Waals surface area (Å²) in [4.78, 5) is 0. The third kappa shape index (κ3) is 14.6. The summed E-state index contributed by atoms with van der Waals surface area (Å²) >= 11 is 7.57. The Bertz CT molecular complexity index is 6180. The van der Waals surface area contributed by atoms with E-state index in [4.69, 9.17) is 13.3 Å². The van der Waals surface area contributed by atoms with Gasteiger partial charge in [0.05, 0.1) is 0 Å². The van der Waals surface area contributed by atoms with Gasteiger partial charge in [0.15, 0.2) is 0 Å². The lowest BCUT2D eigenvalue weighted by atomic mass is 10.1. The Morgan fingerprint density at radius 1 is 0.171 bits per heavy atom. The molecule has 0 saturated carbocycles. The second kappa shape index (κ2) is 29.5. The first kappa shape index (κ1) is 70.0. The minimum Gasteiger partial charge on any atom is -0.456 e. The van der Waals surface area contributed by atoms with Gasteiger partial charge in [-0.25, -0.2) is 0 Å². The topological polar surface area (TPSA) is 39.4 Å².